The molecule has 0 fully saturated rings. The number of halogens is 1. The average Bonchev–Trinajstić information content (AvgIpc) is 2.28. The molecule has 1 heterocycles. The van der Waals surface area contributed by atoms with Gasteiger partial charge >= 0.3 is 0 Å². The Kier molecular flexibility index (Phi) is 4.46. The van der Waals surface area contributed by atoms with Gasteiger partial charge in [-0.1, -0.05) is 18.2 Å². The third-order valence-corrected chi connectivity index (χ3v) is 2.56. The summed E-state index contributed by atoms with van der Waals surface area (Å²) in [5.41, 5.74) is 0. The van der Waals surface area contributed by atoms with E-state index in [1.165, 1.54) is 5.39 Å². The highest BCUT2D eigenvalue weighted by Crippen LogP contribution is 2.09. The first-order valence-electron chi connectivity index (χ1n) is 5.25. The number of nitrogens with zero attached hydrogens (tertiary/aromatic N) is 2. The van der Waals surface area contributed by atoms with Gasteiger partial charge in [-0.15, -0.1) is 0 Å². The molecule has 17 heavy (non-hydrogen) atoms. The summed E-state index contributed by atoms with van der Waals surface area (Å²) < 4.78 is 1.91. The van der Waals surface area contributed by atoms with Crippen molar-refractivity contribution in [2.75, 3.05) is 14.1 Å². The number of likely N-dealkylation sites (N-methyl/N-ethyl adjacent to an activating group) is 1. The molecule has 0 N–H and O–H groups in total. The lowest BCUT2D eigenvalue weighted by molar-refractivity contribution is -0.683. The Morgan fingerprint density at radius 3 is 2.47 bits per heavy atom. The number of hydrogen-bond donors (Lipinski definition) is 0. The molecule has 1 aromatic carbocycles. The van der Waals surface area contributed by atoms with Crippen molar-refractivity contribution in [3.05, 3.63) is 42.7 Å². The van der Waals surface area contributed by atoms with Crippen LogP contribution in [0.1, 0.15) is 0 Å². The van der Waals surface area contributed by atoms with Crippen LogP contribution in [0, 0.1) is 0 Å². The molecule has 90 valence electrons. The van der Waals surface area contributed by atoms with E-state index in [4.69, 9.17) is 0 Å². The maximum atomic E-state index is 11.6. The molecule has 0 aliphatic carbocycles. The molecule has 0 aliphatic rings. The molecule has 0 atom stereocenters. The van der Waals surface area contributed by atoms with Crippen molar-refractivity contribution in [1.29, 1.82) is 0 Å². The zero-order chi connectivity index (χ0) is 11.5. The van der Waals surface area contributed by atoms with E-state index in [1.54, 1.807) is 19.0 Å². The normalized spacial score (nSPS) is 9.76. The molecule has 2 aromatic rings. The van der Waals surface area contributed by atoms with Crippen molar-refractivity contribution < 1.29 is 21.8 Å². The van der Waals surface area contributed by atoms with E-state index < -0.39 is 0 Å². The number of amides is 1. The number of benzene rings is 1. The van der Waals surface area contributed by atoms with Crippen LogP contribution in [0.25, 0.3) is 10.8 Å². The molecule has 4 heteroatoms. The van der Waals surface area contributed by atoms with Crippen LogP contribution < -0.4 is 17.0 Å². The van der Waals surface area contributed by atoms with Gasteiger partial charge < -0.3 is 17.3 Å². The molecule has 2 rings (SSSR count). The Morgan fingerprint density at radius 2 is 1.82 bits per heavy atom. The highest BCUT2D eigenvalue weighted by molar-refractivity contribution is 5.80. The number of rotatable bonds is 2. The molecule has 3 nitrogen and oxygen atoms in total. The van der Waals surface area contributed by atoms with E-state index in [9.17, 15) is 4.79 Å². The van der Waals surface area contributed by atoms with Crippen LogP contribution in [0.2, 0.25) is 0 Å². The lowest BCUT2D eigenvalue weighted by Gasteiger charge is -2.07. The standard InChI is InChI=1S/C13H15N2O.ClH/c1-14(2)13(16)10-15-8-7-11-5-3-4-6-12(11)9-15;/h3-9H,10H2,1-2H3;1H/q+1;/p-1. The minimum atomic E-state index is 0. The van der Waals surface area contributed by atoms with E-state index in [1.807, 2.05) is 41.2 Å². The zero-order valence-corrected chi connectivity index (χ0v) is 10.7. The van der Waals surface area contributed by atoms with Gasteiger partial charge in [-0.3, -0.25) is 4.79 Å². The summed E-state index contributed by atoms with van der Waals surface area (Å²) in [5.74, 6) is 0.0975. The minimum Gasteiger partial charge on any atom is -1.00 e. The number of hydrogen-bond acceptors (Lipinski definition) is 1. The number of carbonyl (C=O) groups excluding carboxylic acids is 1. The zero-order valence-electron chi connectivity index (χ0n) is 9.93. The minimum absolute atomic E-state index is 0. The van der Waals surface area contributed by atoms with Gasteiger partial charge in [0.05, 0.1) is 0 Å². The second kappa shape index (κ2) is 5.64. The summed E-state index contributed by atoms with van der Waals surface area (Å²) in [7, 11) is 3.54. The molecular weight excluding hydrogens is 236 g/mol. The van der Waals surface area contributed by atoms with E-state index >= 15 is 0 Å². The lowest BCUT2D eigenvalue weighted by Crippen LogP contribution is -3.00. The van der Waals surface area contributed by atoms with Crippen LogP contribution >= 0.6 is 0 Å². The Labute approximate surface area is 107 Å². The van der Waals surface area contributed by atoms with Gasteiger partial charge in [-0.2, -0.15) is 4.57 Å². The van der Waals surface area contributed by atoms with Gasteiger partial charge in [-0.25, -0.2) is 0 Å². The summed E-state index contributed by atoms with van der Waals surface area (Å²) >= 11 is 0. The first kappa shape index (κ1) is 13.5. The third kappa shape index (κ3) is 3.17. The van der Waals surface area contributed by atoms with Crippen LogP contribution in [-0.4, -0.2) is 24.9 Å². The topological polar surface area (TPSA) is 24.2 Å². The number of aromatic nitrogens is 1. The third-order valence-electron chi connectivity index (χ3n) is 2.56. The van der Waals surface area contributed by atoms with Crippen LogP contribution in [0.15, 0.2) is 42.7 Å². The van der Waals surface area contributed by atoms with Crippen molar-refractivity contribution in [1.82, 2.24) is 4.90 Å². The molecule has 1 amide bonds. The Morgan fingerprint density at radius 1 is 1.18 bits per heavy atom. The lowest BCUT2D eigenvalue weighted by atomic mass is 10.2. The second-order valence-electron chi connectivity index (χ2n) is 4.03. The van der Waals surface area contributed by atoms with Gasteiger partial charge in [0, 0.05) is 25.5 Å². The van der Waals surface area contributed by atoms with E-state index in [0.29, 0.717) is 6.54 Å². The van der Waals surface area contributed by atoms with Crippen molar-refractivity contribution in [2.24, 2.45) is 0 Å². The molecular formula is C13H15ClN2O. The maximum Gasteiger partial charge on any atom is 0.288 e. The summed E-state index contributed by atoms with van der Waals surface area (Å²) in [6.45, 7) is 0.387. The Balaban J connectivity index is 0.00000144. The Hall–Kier alpha value is -1.61. The second-order valence-corrected chi connectivity index (χ2v) is 4.03. The smallest absolute Gasteiger partial charge is 0.288 e. The van der Waals surface area contributed by atoms with Gasteiger partial charge in [0.15, 0.2) is 12.4 Å². The molecule has 0 saturated carbocycles. The fraction of sp³-hybridized carbons (Fsp3) is 0.231. The van der Waals surface area contributed by atoms with Crippen molar-refractivity contribution in [2.45, 2.75) is 6.54 Å². The first-order chi connectivity index (χ1) is 7.66. The summed E-state index contributed by atoms with van der Waals surface area (Å²) in [6.07, 6.45) is 3.93. The van der Waals surface area contributed by atoms with Gasteiger partial charge in [-0.05, 0) is 11.5 Å². The quantitative estimate of drug-likeness (QED) is 0.579. The molecule has 0 unspecified atom stereocenters. The first-order valence-corrected chi connectivity index (χ1v) is 5.25. The largest absolute Gasteiger partial charge is 1.00 e. The average molecular weight is 251 g/mol. The number of carbonyl (C=O) groups is 1. The van der Waals surface area contributed by atoms with Crippen molar-refractivity contribution in [3.63, 3.8) is 0 Å². The molecule has 0 aliphatic heterocycles. The summed E-state index contributed by atoms with van der Waals surface area (Å²) in [5, 5.41) is 2.34. The monoisotopic (exact) mass is 250 g/mol. The van der Waals surface area contributed by atoms with Crippen molar-refractivity contribution in [3.8, 4) is 0 Å². The van der Waals surface area contributed by atoms with E-state index in [2.05, 4.69) is 6.07 Å². The van der Waals surface area contributed by atoms with Crippen LogP contribution in [0.5, 0.6) is 0 Å². The maximum absolute atomic E-state index is 11.6. The molecule has 0 radical (unpaired) electrons. The Bertz CT molecular complexity index is 526. The molecule has 0 spiro atoms. The highest BCUT2D eigenvalue weighted by atomic mass is 35.5. The molecule has 0 saturated heterocycles. The fourth-order valence-corrected chi connectivity index (χ4v) is 1.57. The van der Waals surface area contributed by atoms with Crippen LogP contribution in [0.4, 0.5) is 0 Å². The number of fused-ring (bicyclic) bond motifs is 1. The fourth-order valence-electron chi connectivity index (χ4n) is 1.57. The van der Waals surface area contributed by atoms with Crippen LogP contribution in [0.3, 0.4) is 0 Å². The van der Waals surface area contributed by atoms with Gasteiger partial charge in [0.2, 0.25) is 6.54 Å². The molecule has 1 aromatic heterocycles. The predicted molar refractivity (Wildman–Crippen MR) is 62.8 cm³/mol. The summed E-state index contributed by atoms with van der Waals surface area (Å²) in [6, 6.07) is 10.1. The summed E-state index contributed by atoms with van der Waals surface area (Å²) in [4.78, 5) is 13.2. The van der Waals surface area contributed by atoms with E-state index in [-0.39, 0.29) is 18.3 Å². The van der Waals surface area contributed by atoms with Crippen LogP contribution in [-0.2, 0) is 11.3 Å². The SMILES string of the molecule is CN(C)C(=O)C[n+]1ccc2ccccc2c1.[Cl-]. The predicted octanol–water partition coefficient (Wildman–Crippen LogP) is -1.78. The van der Waals surface area contributed by atoms with Gasteiger partial charge in [0.25, 0.3) is 5.91 Å². The highest BCUT2D eigenvalue weighted by Gasteiger charge is 2.11. The molecule has 0 bridgehead atoms. The van der Waals surface area contributed by atoms with Crippen molar-refractivity contribution >= 4 is 16.7 Å². The number of pyridine rings is 1. The van der Waals surface area contributed by atoms with Gasteiger partial charge in [0.1, 0.15) is 0 Å². The van der Waals surface area contributed by atoms with E-state index in [0.717, 1.165) is 5.39 Å².